The number of nitrogens with zero attached hydrogens (tertiary/aromatic N) is 4. The molecule has 53 heavy (non-hydrogen) atoms. The average Bonchev–Trinajstić information content (AvgIpc) is 3.57. The van der Waals surface area contributed by atoms with Gasteiger partial charge in [-0.2, -0.15) is 5.10 Å². The van der Waals surface area contributed by atoms with Crippen LogP contribution in [0.4, 0.5) is 5.69 Å². The van der Waals surface area contributed by atoms with Crippen LogP contribution in [0.25, 0.3) is 5.69 Å². The van der Waals surface area contributed by atoms with Crippen molar-refractivity contribution in [1.82, 2.24) is 19.6 Å². The molecule has 0 saturated carbocycles. The fraction of sp³-hybridized carbons (Fsp3) is 0.405. The van der Waals surface area contributed by atoms with Crippen LogP contribution in [0.3, 0.4) is 0 Å². The van der Waals surface area contributed by atoms with E-state index in [0.717, 1.165) is 36.8 Å². The largest absolute Gasteiger partial charge is 0.466 e. The van der Waals surface area contributed by atoms with Gasteiger partial charge in [-0.1, -0.05) is 81.3 Å². The van der Waals surface area contributed by atoms with Crippen molar-refractivity contribution in [1.29, 1.82) is 0 Å². The lowest BCUT2D eigenvalue weighted by atomic mass is 9.93. The van der Waals surface area contributed by atoms with Crippen molar-refractivity contribution < 1.29 is 29.0 Å². The number of unbranched alkanes of at least 4 members (excludes halogenated alkanes) is 2. The van der Waals surface area contributed by atoms with Crippen LogP contribution in [0.5, 0.6) is 0 Å². The molecule has 1 aliphatic heterocycles. The van der Waals surface area contributed by atoms with Crippen molar-refractivity contribution in [3.05, 3.63) is 113 Å². The molecule has 2 N–H and O–H groups in total. The summed E-state index contributed by atoms with van der Waals surface area (Å²) in [4.78, 5) is 58.4. The molecule has 2 heterocycles. The van der Waals surface area contributed by atoms with Crippen molar-refractivity contribution in [2.45, 2.75) is 84.7 Å². The van der Waals surface area contributed by atoms with Gasteiger partial charge in [-0.25, -0.2) is 4.68 Å². The third kappa shape index (κ3) is 9.39. The van der Waals surface area contributed by atoms with E-state index in [2.05, 4.69) is 19.2 Å². The Morgan fingerprint density at radius 1 is 0.925 bits per heavy atom. The van der Waals surface area contributed by atoms with E-state index in [9.17, 15) is 24.3 Å². The maximum atomic E-state index is 14.7. The van der Waals surface area contributed by atoms with E-state index in [0.29, 0.717) is 42.1 Å². The van der Waals surface area contributed by atoms with Gasteiger partial charge in [0.25, 0.3) is 11.8 Å². The number of ether oxygens (including phenoxy) is 1. The van der Waals surface area contributed by atoms with Crippen LogP contribution in [0, 0.1) is 6.92 Å². The van der Waals surface area contributed by atoms with Gasteiger partial charge in [0.2, 0.25) is 5.91 Å². The maximum absolute atomic E-state index is 14.7. The normalized spacial score (nSPS) is 14.3. The van der Waals surface area contributed by atoms with Crippen molar-refractivity contribution in [2.24, 2.45) is 0 Å². The van der Waals surface area contributed by atoms with Gasteiger partial charge in [0.05, 0.1) is 42.8 Å². The second-order valence-electron chi connectivity index (χ2n) is 13.5. The summed E-state index contributed by atoms with van der Waals surface area (Å²) in [5.74, 6) is -2.28. The zero-order valence-electron chi connectivity index (χ0n) is 31.2. The standard InChI is InChI=1S/C42H51N5O6/c1-5-8-21-45(22-9-6-2)42(52)37-23-29(4)47(44-37)38-20-19-33(43-40(50)35(26-39(49)53-7-3)30-15-11-10-12-16-30)25-36(38)41(51)46-27-32-18-14-13-17-31(32)24-34(46)28-48/h10-20,23,25,34-35,48H,5-9,21-22,24,26-28H2,1-4H3,(H,43,50). The summed E-state index contributed by atoms with van der Waals surface area (Å²) in [6.07, 6.45) is 4.02. The highest BCUT2D eigenvalue weighted by Gasteiger charge is 2.33. The van der Waals surface area contributed by atoms with Crippen LogP contribution in [0.1, 0.15) is 102 Å². The minimum absolute atomic E-state index is 0.157. The second kappa shape index (κ2) is 18.5. The fourth-order valence-corrected chi connectivity index (χ4v) is 6.77. The summed E-state index contributed by atoms with van der Waals surface area (Å²) < 4.78 is 6.78. The Morgan fingerprint density at radius 2 is 1.60 bits per heavy atom. The number of amides is 3. The molecule has 0 saturated heterocycles. The van der Waals surface area contributed by atoms with E-state index in [1.807, 2.05) is 42.2 Å². The summed E-state index contributed by atoms with van der Waals surface area (Å²) in [5, 5.41) is 18.2. The van der Waals surface area contributed by atoms with Gasteiger partial charge in [-0.15, -0.1) is 0 Å². The molecule has 1 aliphatic rings. The van der Waals surface area contributed by atoms with Gasteiger partial charge in [0.1, 0.15) is 0 Å². The number of aliphatic hydroxyl groups excluding tert-OH is 1. The lowest BCUT2D eigenvalue weighted by molar-refractivity contribution is -0.144. The molecule has 0 bridgehead atoms. The number of fused-ring (bicyclic) bond motifs is 1. The molecule has 0 radical (unpaired) electrons. The number of anilines is 1. The Morgan fingerprint density at radius 3 is 2.26 bits per heavy atom. The Balaban J connectivity index is 1.55. The Bertz CT molecular complexity index is 1880. The number of aryl methyl sites for hydroxylation is 1. The Labute approximate surface area is 311 Å². The summed E-state index contributed by atoms with van der Waals surface area (Å²) in [6, 6.07) is 23.1. The highest BCUT2D eigenvalue weighted by molar-refractivity contribution is 6.02. The van der Waals surface area contributed by atoms with Crippen LogP contribution < -0.4 is 5.32 Å². The molecule has 2 unspecified atom stereocenters. The van der Waals surface area contributed by atoms with E-state index >= 15 is 0 Å². The second-order valence-corrected chi connectivity index (χ2v) is 13.5. The van der Waals surface area contributed by atoms with Crippen LogP contribution >= 0.6 is 0 Å². The number of aliphatic hydroxyl groups is 1. The third-order valence-corrected chi connectivity index (χ3v) is 9.70. The number of hydrogen-bond donors (Lipinski definition) is 2. The molecule has 3 amide bonds. The lowest BCUT2D eigenvalue weighted by Crippen LogP contribution is -2.46. The van der Waals surface area contributed by atoms with Crippen LogP contribution in [0.15, 0.2) is 78.9 Å². The monoisotopic (exact) mass is 721 g/mol. The zero-order chi connectivity index (χ0) is 37.9. The summed E-state index contributed by atoms with van der Waals surface area (Å²) >= 11 is 0. The smallest absolute Gasteiger partial charge is 0.306 e. The van der Waals surface area contributed by atoms with E-state index in [1.54, 1.807) is 65.0 Å². The van der Waals surface area contributed by atoms with E-state index in [4.69, 9.17) is 9.84 Å². The molecule has 3 aromatic carbocycles. The summed E-state index contributed by atoms with van der Waals surface area (Å²) in [7, 11) is 0. The predicted molar refractivity (Wildman–Crippen MR) is 204 cm³/mol. The Hall–Kier alpha value is -5.29. The van der Waals surface area contributed by atoms with Crippen molar-refractivity contribution in [2.75, 3.05) is 31.6 Å². The van der Waals surface area contributed by atoms with Gasteiger partial charge in [0, 0.05) is 31.0 Å². The first-order chi connectivity index (χ1) is 25.7. The molecule has 1 aromatic heterocycles. The Kier molecular flexibility index (Phi) is 13.6. The quantitative estimate of drug-likeness (QED) is 0.127. The van der Waals surface area contributed by atoms with Gasteiger partial charge in [-0.3, -0.25) is 19.2 Å². The van der Waals surface area contributed by atoms with Crippen molar-refractivity contribution in [3.8, 4) is 5.69 Å². The van der Waals surface area contributed by atoms with Crippen molar-refractivity contribution >= 4 is 29.4 Å². The SMILES string of the molecule is CCCCN(CCCC)C(=O)c1cc(C)n(-c2ccc(NC(=O)C(CC(=O)OCC)c3ccccc3)cc2C(=O)N2Cc3ccccc3CC2CO)n1. The molecule has 11 heteroatoms. The molecule has 11 nitrogen and oxygen atoms in total. The highest BCUT2D eigenvalue weighted by Crippen LogP contribution is 2.30. The van der Waals surface area contributed by atoms with E-state index in [1.165, 1.54) is 0 Å². The molecule has 4 aromatic rings. The van der Waals surface area contributed by atoms with Crippen molar-refractivity contribution in [3.63, 3.8) is 0 Å². The van der Waals surface area contributed by atoms with Crippen LogP contribution in [-0.4, -0.2) is 80.7 Å². The average molecular weight is 722 g/mol. The van der Waals surface area contributed by atoms with Gasteiger partial charge >= 0.3 is 5.97 Å². The number of aromatic nitrogens is 2. The van der Waals surface area contributed by atoms with Gasteiger partial charge in [-0.05, 0) is 74.1 Å². The van der Waals surface area contributed by atoms with Crippen LogP contribution in [-0.2, 0) is 27.3 Å². The molecule has 280 valence electrons. The number of benzene rings is 3. The highest BCUT2D eigenvalue weighted by atomic mass is 16.5. The topological polar surface area (TPSA) is 134 Å². The van der Waals surface area contributed by atoms with E-state index in [-0.39, 0.29) is 49.3 Å². The first-order valence-electron chi connectivity index (χ1n) is 18.7. The number of carbonyl (C=O) groups excluding carboxylic acids is 4. The molecular formula is C42H51N5O6. The van der Waals surface area contributed by atoms with Gasteiger partial charge in [0.15, 0.2) is 5.69 Å². The molecular weight excluding hydrogens is 670 g/mol. The fourth-order valence-electron chi connectivity index (χ4n) is 6.77. The number of carbonyl (C=O) groups is 4. The minimum Gasteiger partial charge on any atom is -0.466 e. The molecule has 0 fully saturated rings. The first kappa shape index (κ1) is 38.9. The molecule has 5 rings (SSSR count). The maximum Gasteiger partial charge on any atom is 0.306 e. The number of esters is 1. The minimum atomic E-state index is -0.836. The third-order valence-electron chi connectivity index (χ3n) is 9.70. The number of rotatable bonds is 16. The summed E-state index contributed by atoms with van der Waals surface area (Å²) in [5.41, 5.74) is 4.68. The first-order valence-corrected chi connectivity index (χ1v) is 18.7. The predicted octanol–water partition coefficient (Wildman–Crippen LogP) is 6.46. The summed E-state index contributed by atoms with van der Waals surface area (Å²) in [6.45, 7) is 9.27. The van der Waals surface area contributed by atoms with E-state index < -0.39 is 23.8 Å². The number of hydrogen-bond acceptors (Lipinski definition) is 7. The molecule has 0 spiro atoms. The number of nitrogens with one attached hydrogen (secondary N) is 1. The van der Waals surface area contributed by atoms with Gasteiger partial charge < -0.3 is 25.0 Å². The lowest BCUT2D eigenvalue weighted by Gasteiger charge is -2.36. The molecule has 2 atom stereocenters. The zero-order valence-corrected chi connectivity index (χ0v) is 31.2. The molecule has 0 aliphatic carbocycles. The van der Waals surface area contributed by atoms with Crippen LogP contribution in [0.2, 0.25) is 0 Å².